The van der Waals surface area contributed by atoms with E-state index in [9.17, 15) is 9.18 Å². The highest BCUT2D eigenvalue weighted by Gasteiger charge is 2.22. The minimum absolute atomic E-state index is 0.138. The van der Waals surface area contributed by atoms with Crippen molar-refractivity contribution in [1.29, 1.82) is 0 Å². The highest BCUT2D eigenvalue weighted by Crippen LogP contribution is 2.31. The number of nitrogens with zero attached hydrogens (tertiary/aromatic N) is 4. The second-order valence-electron chi connectivity index (χ2n) is 6.80. The van der Waals surface area contributed by atoms with Crippen LogP contribution in [-0.2, 0) is 4.79 Å². The largest absolute Gasteiger partial charge is 0.497 e. The summed E-state index contributed by atoms with van der Waals surface area (Å²) in [5.41, 5.74) is 1.78. The lowest BCUT2D eigenvalue weighted by Gasteiger charge is -2.14. The maximum Gasteiger partial charge on any atom is 0.237 e. The first-order valence-electron chi connectivity index (χ1n) is 9.79. The van der Waals surface area contributed by atoms with Gasteiger partial charge in [-0.3, -0.25) is 14.3 Å². The Hall–Kier alpha value is -3.72. The Kier molecular flexibility index (Phi) is 6.46. The van der Waals surface area contributed by atoms with Crippen molar-refractivity contribution in [1.82, 2.24) is 19.7 Å². The highest BCUT2D eigenvalue weighted by atomic mass is 32.2. The molecule has 1 amide bonds. The van der Waals surface area contributed by atoms with Crippen LogP contribution in [0, 0.1) is 5.82 Å². The van der Waals surface area contributed by atoms with E-state index in [0.29, 0.717) is 11.0 Å². The summed E-state index contributed by atoms with van der Waals surface area (Å²) in [5.74, 6) is 0.509. The van der Waals surface area contributed by atoms with Crippen molar-refractivity contribution in [3.05, 3.63) is 78.9 Å². The van der Waals surface area contributed by atoms with Gasteiger partial charge in [0.15, 0.2) is 11.0 Å². The lowest BCUT2D eigenvalue weighted by atomic mass is 10.2. The zero-order valence-electron chi connectivity index (χ0n) is 17.4. The lowest BCUT2D eigenvalue weighted by Crippen LogP contribution is -2.23. The highest BCUT2D eigenvalue weighted by molar-refractivity contribution is 8.00. The number of ether oxygens (including phenoxy) is 1. The number of thioether (sulfide) groups is 1. The zero-order valence-corrected chi connectivity index (χ0v) is 18.2. The SMILES string of the molecule is COc1ccc(-n2c(SC(C)C(=O)Nc3ccccc3F)nnc2-c2ccncc2)cc1. The van der Waals surface area contributed by atoms with E-state index in [-0.39, 0.29) is 11.6 Å². The lowest BCUT2D eigenvalue weighted by molar-refractivity contribution is -0.115. The molecule has 4 rings (SSSR count). The van der Waals surface area contributed by atoms with Gasteiger partial charge in [-0.2, -0.15) is 0 Å². The number of amides is 1. The second-order valence-corrected chi connectivity index (χ2v) is 8.11. The fraction of sp³-hybridized carbons (Fsp3) is 0.130. The smallest absolute Gasteiger partial charge is 0.237 e. The topological polar surface area (TPSA) is 81.9 Å². The third-order valence-corrected chi connectivity index (χ3v) is 5.73. The average Bonchev–Trinajstić information content (AvgIpc) is 3.24. The maximum absolute atomic E-state index is 13.9. The number of benzene rings is 2. The number of hydrogen-bond donors (Lipinski definition) is 1. The first-order valence-corrected chi connectivity index (χ1v) is 10.7. The molecular formula is C23H20FN5O2S. The fourth-order valence-electron chi connectivity index (χ4n) is 3.01. The van der Waals surface area contributed by atoms with Crippen LogP contribution in [0.2, 0.25) is 0 Å². The van der Waals surface area contributed by atoms with Crippen molar-refractivity contribution < 1.29 is 13.9 Å². The normalized spacial score (nSPS) is 11.7. The Morgan fingerprint density at radius 2 is 1.78 bits per heavy atom. The first-order chi connectivity index (χ1) is 15.6. The van der Waals surface area contributed by atoms with Gasteiger partial charge in [0, 0.05) is 23.6 Å². The van der Waals surface area contributed by atoms with Crippen LogP contribution >= 0.6 is 11.8 Å². The van der Waals surface area contributed by atoms with Gasteiger partial charge < -0.3 is 10.1 Å². The molecule has 2 heterocycles. The Bertz CT molecular complexity index is 1210. The quantitative estimate of drug-likeness (QED) is 0.416. The summed E-state index contributed by atoms with van der Waals surface area (Å²) in [6, 6.07) is 17.2. The molecule has 4 aromatic rings. The van der Waals surface area contributed by atoms with Crippen molar-refractivity contribution in [3.63, 3.8) is 0 Å². The van der Waals surface area contributed by atoms with Gasteiger partial charge in [-0.15, -0.1) is 10.2 Å². The van der Waals surface area contributed by atoms with Crippen LogP contribution in [-0.4, -0.2) is 38.0 Å². The standard InChI is InChI=1S/C23H20FN5O2S/c1-15(22(30)26-20-6-4-3-5-19(20)24)32-23-28-27-21(16-11-13-25-14-12-16)29(23)17-7-9-18(31-2)10-8-17/h3-15H,1-2H3,(H,26,30). The van der Waals surface area contributed by atoms with E-state index in [2.05, 4.69) is 20.5 Å². The molecule has 0 fully saturated rings. The van der Waals surface area contributed by atoms with Crippen molar-refractivity contribution in [2.75, 3.05) is 12.4 Å². The summed E-state index contributed by atoms with van der Waals surface area (Å²) in [6.45, 7) is 1.74. The van der Waals surface area contributed by atoms with Gasteiger partial charge in [-0.1, -0.05) is 23.9 Å². The van der Waals surface area contributed by atoms with Crippen LogP contribution in [0.1, 0.15) is 6.92 Å². The van der Waals surface area contributed by atoms with Gasteiger partial charge in [0.1, 0.15) is 11.6 Å². The third kappa shape index (κ3) is 4.62. The third-order valence-electron chi connectivity index (χ3n) is 4.69. The van der Waals surface area contributed by atoms with E-state index in [1.165, 1.54) is 23.9 Å². The van der Waals surface area contributed by atoms with E-state index in [1.54, 1.807) is 38.6 Å². The number of hydrogen-bond acceptors (Lipinski definition) is 6. The summed E-state index contributed by atoms with van der Waals surface area (Å²) in [4.78, 5) is 16.8. The predicted molar refractivity (Wildman–Crippen MR) is 121 cm³/mol. The number of anilines is 1. The van der Waals surface area contributed by atoms with E-state index < -0.39 is 11.1 Å². The molecule has 1 N–H and O–H groups in total. The van der Waals surface area contributed by atoms with Crippen molar-refractivity contribution in [2.24, 2.45) is 0 Å². The molecule has 0 saturated heterocycles. The summed E-state index contributed by atoms with van der Waals surface area (Å²) >= 11 is 1.23. The van der Waals surface area contributed by atoms with E-state index in [1.807, 2.05) is 41.0 Å². The Morgan fingerprint density at radius 3 is 2.47 bits per heavy atom. The van der Waals surface area contributed by atoms with E-state index in [0.717, 1.165) is 17.0 Å². The number of methoxy groups -OCH3 is 1. The number of halogens is 1. The molecule has 0 bridgehead atoms. The number of carbonyl (C=O) groups is 1. The molecule has 0 aliphatic carbocycles. The minimum atomic E-state index is -0.555. The number of aromatic nitrogens is 4. The molecule has 0 aliphatic heterocycles. The van der Waals surface area contributed by atoms with Gasteiger partial charge >= 0.3 is 0 Å². The Morgan fingerprint density at radius 1 is 1.06 bits per heavy atom. The fourth-order valence-corrected chi connectivity index (χ4v) is 3.87. The molecule has 9 heteroatoms. The summed E-state index contributed by atoms with van der Waals surface area (Å²) in [6.07, 6.45) is 3.36. The van der Waals surface area contributed by atoms with E-state index in [4.69, 9.17) is 4.74 Å². The summed E-state index contributed by atoms with van der Waals surface area (Å²) < 4.78 is 21.0. The minimum Gasteiger partial charge on any atom is -0.497 e. The van der Waals surface area contributed by atoms with Crippen molar-refractivity contribution >= 4 is 23.4 Å². The van der Waals surface area contributed by atoms with Gasteiger partial charge in [-0.25, -0.2) is 4.39 Å². The maximum atomic E-state index is 13.9. The molecule has 32 heavy (non-hydrogen) atoms. The zero-order chi connectivity index (χ0) is 22.5. The molecule has 2 aromatic carbocycles. The van der Waals surface area contributed by atoms with Crippen molar-refractivity contribution in [3.8, 4) is 22.8 Å². The summed E-state index contributed by atoms with van der Waals surface area (Å²) in [7, 11) is 1.60. The number of para-hydroxylation sites is 1. The molecule has 7 nitrogen and oxygen atoms in total. The molecule has 0 spiro atoms. The molecule has 0 aliphatic rings. The molecule has 1 atom stereocenters. The van der Waals surface area contributed by atoms with Crippen molar-refractivity contribution in [2.45, 2.75) is 17.3 Å². The van der Waals surface area contributed by atoms with Crippen LogP contribution in [0.3, 0.4) is 0 Å². The van der Waals surface area contributed by atoms with Gasteiger partial charge in [0.2, 0.25) is 5.91 Å². The Balaban J connectivity index is 1.65. The molecule has 0 radical (unpaired) electrons. The van der Waals surface area contributed by atoms with Crippen LogP contribution in [0.15, 0.2) is 78.2 Å². The number of carbonyl (C=O) groups excluding carboxylic acids is 1. The number of pyridine rings is 1. The van der Waals surface area contributed by atoms with Gasteiger partial charge in [0.05, 0.1) is 18.0 Å². The van der Waals surface area contributed by atoms with Crippen LogP contribution < -0.4 is 10.1 Å². The van der Waals surface area contributed by atoms with Crippen LogP contribution in [0.25, 0.3) is 17.1 Å². The number of rotatable bonds is 7. The molecule has 2 aromatic heterocycles. The van der Waals surface area contributed by atoms with Gasteiger partial charge in [0.25, 0.3) is 0 Å². The molecule has 1 unspecified atom stereocenters. The number of nitrogens with one attached hydrogen (secondary N) is 1. The predicted octanol–water partition coefficient (Wildman–Crippen LogP) is 4.60. The first kappa shape index (κ1) is 21.5. The molecule has 0 saturated carbocycles. The Labute approximate surface area is 188 Å². The van der Waals surface area contributed by atoms with E-state index >= 15 is 0 Å². The summed E-state index contributed by atoms with van der Waals surface area (Å²) in [5, 5.41) is 11.3. The average molecular weight is 450 g/mol. The van der Waals surface area contributed by atoms with Crippen LogP contribution in [0.4, 0.5) is 10.1 Å². The van der Waals surface area contributed by atoms with Crippen LogP contribution in [0.5, 0.6) is 5.75 Å². The monoisotopic (exact) mass is 449 g/mol. The molecule has 162 valence electrons. The van der Waals surface area contributed by atoms with Gasteiger partial charge in [-0.05, 0) is 55.5 Å². The molecular weight excluding hydrogens is 429 g/mol. The second kappa shape index (κ2) is 9.61.